The second-order valence-electron chi connectivity index (χ2n) is 5.85. The Hall–Kier alpha value is -0.770. The lowest BCUT2D eigenvalue weighted by atomic mass is 9.89. The van der Waals surface area contributed by atoms with Crippen LogP contribution in [-0.4, -0.2) is 42.8 Å². The molecule has 0 aromatic heterocycles. The van der Waals surface area contributed by atoms with E-state index in [9.17, 15) is 4.79 Å². The Morgan fingerprint density at radius 1 is 1.17 bits per heavy atom. The molecule has 1 saturated carbocycles. The standard InChI is InChI=1S/C14H26N2O2/c1-11-9-16(10-12(2)18-11)14(17)15-8-13-6-4-3-5-7-13/h11-13H,3-10H2,1-2H3,(H,15,17). The van der Waals surface area contributed by atoms with E-state index in [1.54, 1.807) is 0 Å². The van der Waals surface area contributed by atoms with E-state index in [1.165, 1.54) is 32.1 Å². The number of rotatable bonds is 2. The maximum absolute atomic E-state index is 12.1. The Kier molecular flexibility index (Phi) is 4.87. The van der Waals surface area contributed by atoms with Gasteiger partial charge in [0.15, 0.2) is 0 Å². The lowest BCUT2D eigenvalue weighted by Crippen LogP contribution is -2.52. The molecular formula is C14H26N2O2. The zero-order chi connectivity index (χ0) is 13.0. The van der Waals surface area contributed by atoms with Crippen molar-refractivity contribution in [1.29, 1.82) is 0 Å². The molecule has 0 spiro atoms. The SMILES string of the molecule is CC1CN(C(=O)NCC2CCCCC2)CC(C)O1. The molecule has 2 fully saturated rings. The molecule has 104 valence electrons. The maximum Gasteiger partial charge on any atom is 0.317 e. The van der Waals surface area contributed by atoms with Gasteiger partial charge in [0.25, 0.3) is 0 Å². The first kappa shape index (κ1) is 13.7. The topological polar surface area (TPSA) is 41.6 Å². The van der Waals surface area contributed by atoms with E-state index in [2.05, 4.69) is 5.32 Å². The van der Waals surface area contributed by atoms with Crippen molar-refractivity contribution >= 4 is 6.03 Å². The molecule has 2 atom stereocenters. The number of carbonyl (C=O) groups excluding carboxylic acids is 1. The summed E-state index contributed by atoms with van der Waals surface area (Å²) < 4.78 is 5.64. The van der Waals surface area contributed by atoms with Crippen LogP contribution in [0.25, 0.3) is 0 Å². The van der Waals surface area contributed by atoms with Gasteiger partial charge in [-0.15, -0.1) is 0 Å². The van der Waals surface area contributed by atoms with Gasteiger partial charge in [-0.2, -0.15) is 0 Å². The van der Waals surface area contributed by atoms with Crippen LogP contribution in [0.3, 0.4) is 0 Å². The van der Waals surface area contributed by atoms with Gasteiger partial charge in [-0.3, -0.25) is 0 Å². The number of urea groups is 1. The van der Waals surface area contributed by atoms with E-state index in [0.29, 0.717) is 19.0 Å². The predicted octanol–water partition coefficient (Wildman–Crippen LogP) is 2.39. The summed E-state index contributed by atoms with van der Waals surface area (Å²) in [6.07, 6.45) is 6.86. The smallest absolute Gasteiger partial charge is 0.317 e. The van der Waals surface area contributed by atoms with Crippen molar-refractivity contribution in [2.45, 2.75) is 58.2 Å². The summed E-state index contributed by atoms with van der Waals surface area (Å²) in [6, 6.07) is 0.0857. The van der Waals surface area contributed by atoms with Crippen LogP contribution in [0.5, 0.6) is 0 Å². The molecule has 1 N–H and O–H groups in total. The summed E-state index contributed by atoms with van der Waals surface area (Å²) in [6.45, 7) is 6.31. The molecule has 0 radical (unpaired) electrons. The molecule has 1 aliphatic carbocycles. The monoisotopic (exact) mass is 254 g/mol. The van der Waals surface area contributed by atoms with Crippen LogP contribution in [0.4, 0.5) is 4.79 Å². The van der Waals surface area contributed by atoms with E-state index in [-0.39, 0.29) is 18.2 Å². The van der Waals surface area contributed by atoms with Crippen LogP contribution in [-0.2, 0) is 4.74 Å². The molecule has 2 unspecified atom stereocenters. The first-order valence-corrected chi connectivity index (χ1v) is 7.33. The molecule has 1 aliphatic heterocycles. The second kappa shape index (κ2) is 6.41. The molecule has 1 saturated heterocycles. The number of ether oxygens (including phenoxy) is 1. The molecule has 2 aliphatic rings. The summed E-state index contributed by atoms with van der Waals surface area (Å²) in [5.74, 6) is 0.693. The number of hydrogen-bond donors (Lipinski definition) is 1. The third-order valence-electron chi connectivity index (χ3n) is 3.97. The largest absolute Gasteiger partial charge is 0.372 e. The van der Waals surface area contributed by atoms with Gasteiger partial charge in [0.05, 0.1) is 12.2 Å². The third-order valence-corrected chi connectivity index (χ3v) is 3.97. The number of nitrogens with zero attached hydrogens (tertiary/aromatic N) is 1. The summed E-state index contributed by atoms with van der Waals surface area (Å²) in [4.78, 5) is 14.0. The summed E-state index contributed by atoms with van der Waals surface area (Å²) in [5, 5.41) is 3.09. The number of morpholine rings is 1. The highest BCUT2D eigenvalue weighted by Gasteiger charge is 2.26. The predicted molar refractivity (Wildman–Crippen MR) is 71.6 cm³/mol. The van der Waals surface area contributed by atoms with Gasteiger partial charge >= 0.3 is 6.03 Å². The van der Waals surface area contributed by atoms with Crippen molar-refractivity contribution in [3.8, 4) is 0 Å². The molecule has 0 bridgehead atoms. The van der Waals surface area contributed by atoms with E-state index in [0.717, 1.165) is 6.54 Å². The quantitative estimate of drug-likeness (QED) is 0.822. The summed E-state index contributed by atoms with van der Waals surface area (Å²) in [7, 11) is 0. The second-order valence-corrected chi connectivity index (χ2v) is 5.85. The van der Waals surface area contributed by atoms with Gasteiger partial charge in [-0.25, -0.2) is 4.79 Å². The summed E-state index contributed by atoms with van der Waals surface area (Å²) >= 11 is 0. The Balaban J connectivity index is 1.73. The van der Waals surface area contributed by atoms with Gasteiger partial charge in [-0.1, -0.05) is 19.3 Å². The van der Waals surface area contributed by atoms with Crippen molar-refractivity contribution in [3.05, 3.63) is 0 Å². The molecular weight excluding hydrogens is 228 g/mol. The molecule has 2 amide bonds. The van der Waals surface area contributed by atoms with Crippen molar-refractivity contribution in [2.24, 2.45) is 5.92 Å². The zero-order valence-corrected chi connectivity index (χ0v) is 11.7. The van der Waals surface area contributed by atoms with Crippen molar-refractivity contribution in [2.75, 3.05) is 19.6 Å². The Morgan fingerprint density at radius 3 is 2.39 bits per heavy atom. The van der Waals surface area contributed by atoms with Gasteiger partial charge in [-0.05, 0) is 32.6 Å². The van der Waals surface area contributed by atoms with Crippen LogP contribution in [0.1, 0.15) is 46.0 Å². The minimum absolute atomic E-state index is 0.0857. The maximum atomic E-state index is 12.1. The summed E-state index contributed by atoms with van der Waals surface area (Å²) in [5.41, 5.74) is 0. The fourth-order valence-electron chi connectivity index (χ4n) is 3.08. The van der Waals surface area contributed by atoms with E-state index in [1.807, 2.05) is 18.7 Å². The molecule has 0 aromatic rings. The van der Waals surface area contributed by atoms with Crippen LogP contribution in [0.2, 0.25) is 0 Å². The van der Waals surface area contributed by atoms with E-state index in [4.69, 9.17) is 4.74 Å². The van der Waals surface area contributed by atoms with Gasteiger partial charge in [0.2, 0.25) is 0 Å². The zero-order valence-electron chi connectivity index (χ0n) is 11.7. The van der Waals surface area contributed by atoms with Gasteiger partial charge in [0, 0.05) is 19.6 Å². The van der Waals surface area contributed by atoms with Crippen LogP contribution in [0, 0.1) is 5.92 Å². The normalized spacial score (nSPS) is 30.2. The van der Waals surface area contributed by atoms with Crippen LogP contribution < -0.4 is 5.32 Å². The Morgan fingerprint density at radius 2 is 1.78 bits per heavy atom. The van der Waals surface area contributed by atoms with E-state index < -0.39 is 0 Å². The average molecular weight is 254 g/mol. The highest BCUT2D eigenvalue weighted by Crippen LogP contribution is 2.22. The lowest BCUT2D eigenvalue weighted by molar-refractivity contribution is -0.0546. The van der Waals surface area contributed by atoms with E-state index >= 15 is 0 Å². The minimum Gasteiger partial charge on any atom is -0.372 e. The molecule has 2 rings (SSSR count). The fourth-order valence-corrected chi connectivity index (χ4v) is 3.08. The highest BCUT2D eigenvalue weighted by atomic mass is 16.5. The minimum atomic E-state index is 0.0857. The molecule has 1 heterocycles. The Bertz CT molecular complexity index is 267. The molecule has 0 aromatic carbocycles. The molecule has 4 nitrogen and oxygen atoms in total. The fraction of sp³-hybridized carbons (Fsp3) is 0.929. The number of nitrogens with one attached hydrogen (secondary N) is 1. The molecule has 4 heteroatoms. The van der Waals surface area contributed by atoms with Crippen molar-refractivity contribution in [1.82, 2.24) is 10.2 Å². The molecule has 18 heavy (non-hydrogen) atoms. The van der Waals surface area contributed by atoms with Crippen LogP contribution >= 0.6 is 0 Å². The van der Waals surface area contributed by atoms with Gasteiger partial charge in [0.1, 0.15) is 0 Å². The van der Waals surface area contributed by atoms with Crippen LogP contribution in [0.15, 0.2) is 0 Å². The average Bonchev–Trinajstić information content (AvgIpc) is 2.36. The van der Waals surface area contributed by atoms with Gasteiger partial charge < -0.3 is 15.0 Å². The van der Waals surface area contributed by atoms with Crippen molar-refractivity contribution in [3.63, 3.8) is 0 Å². The lowest BCUT2D eigenvalue weighted by Gasteiger charge is -2.35. The first-order chi connectivity index (χ1) is 8.65. The third kappa shape index (κ3) is 3.87. The van der Waals surface area contributed by atoms with Crippen molar-refractivity contribution < 1.29 is 9.53 Å². The number of hydrogen-bond acceptors (Lipinski definition) is 2. The number of carbonyl (C=O) groups is 1. The number of amides is 2. The highest BCUT2D eigenvalue weighted by molar-refractivity contribution is 5.74. The first-order valence-electron chi connectivity index (χ1n) is 7.33. The Labute approximate surface area is 110 Å².